The van der Waals surface area contributed by atoms with Gasteiger partial charge in [-0.2, -0.15) is 0 Å². The van der Waals surface area contributed by atoms with Crippen LogP contribution in [0.1, 0.15) is 23.8 Å². The molecule has 1 amide bonds. The van der Waals surface area contributed by atoms with Crippen LogP contribution in [0.15, 0.2) is 33.7 Å². The number of anilines is 1. The molecule has 0 radical (unpaired) electrons. The van der Waals surface area contributed by atoms with Gasteiger partial charge in [0.05, 0.1) is 5.25 Å². The number of aryl methyl sites for hydroxylation is 3. The minimum atomic E-state index is -0.201. The molecule has 1 aromatic carbocycles. The molecule has 0 aliphatic rings. The summed E-state index contributed by atoms with van der Waals surface area (Å²) in [7, 11) is 0. The van der Waals surface area contributed by atoms with Gasteiger partial charge >= 0.3 is 0 Å². The van der Waals surface area contributed by atoms with Gasteiger partial charge in [-0.05, 0) is 39.3 Å². The van der Waals surface area contributed by atoms with Crippen LogP contribution in [0.5, 0.6) is 0 Å². The topological polar surface area (TPSA) is 55.1 Å². The highest BCUT2D eigenvalue weighted by Crippen LogP contribution is 2.27. The number of benzene rings is 1. The van der Waals surface area contributed by atoms with Crippen LogP contribution in [0.2, 0.25) is 0 Å². The first-order chi connectivity index (χ1) is 9.45. The Morgan fingerprint density at radius 1 is 1.30 bits per heavy atom. The van der Waals surface area contributed by atoms with Gasteiger partial charge in [0.2, 0.25) is 5.91 Å². The number of aromatic nitrogens is 1. The lowest BCUT2D eigenvalue weighted by Gasteiger charge is -2.12. The average molecular weight is 290 g/mol. The van der Waals surface area contributed by atoms with E-state index in [2.05, 4.69) is 42.5 Å². The van der Waals surface area contributed by atoms with E-state index in [0.29, 0.717) is 11.6 Å². The molecule has 2 rings (SSSR count). The van der Waals surface area contributed by atoms with Crippen LogP contribution in [0.25, 0.3) is 0 Å². The Morgan fingerprint density at radius 3 is 2.65 bits per heavy atom. The fourth-order valence-corrected chi connectivity index (χ4v) is 2.77. The van der Waals surface area contributed by atoms with Crippen LogP contribution in [-0.4, -0.2) is 16.3 Å². The zero-order valence-electron chi connectivity index (χ0n) is 12.1. The fourth-order valence-electron chi connectivity index (χ4n) is 1.83. The molecule has 106 valence electrons. The van der Waals surface area contributed by atoms with Gasteiger partial charge in [0.1, 0.15) is 5.76 Å². The second kappa shape index (κ2) is 6.13. The van der Waals surface area contributed by atoms with Crippen LogP contribution in [0.3, 0.4) is 0 Å². The van der Waals surface area contributed by atoms with E-state index in [1.807, 2.05) is 6.92 Å². The number of hydrogen-bond donors (Lipinski definition) is 1. The number of carbonyl (C=O) groups is 1. The maximum absolute atomic E-state index is 12.1. The van der Waals surface area contributed by atoms with Crippen molar-refractivity contribution < 1.29 is 9.32 Å². The van der Waals surface area contributed by atoms with E-state index in [4.69, 9.17) is 4.52 Å². The summed E-state index contributed by atoms with van der Waals surface area (Å²) in [5, 5.41) is 6.31. The van der Waals surface area contributed by atoms with Crippen LogP contribution < -0.4 is 5.32 Å². The Bertz CT molecular complexity index is 622. The largest absolute Gasteiger partial charge is 0.360 e. The Hall–Kier alpha value is -1.75. The molecule has 0 bridgehead atoms. The zero-order valence-corrected chi connectivity index (χ0v) is 12.9. The van der Waals surface area contributed by atoms with E-state index in [-0.39, 0.29) is 11.2 Å². The Morgan fingerprint density at radius 2 is 2.05 bits per heavy atom. The minimum absolute atomic E-state index is 0.0803. The van der Waals surface area contributed by atoms with Gasteiger partial charge in [-0.3, -0.25) is 4.79 Å². The van der Waals surface area contributed by atoms with Crippen molar-refractivity contribution in [1.29, 1.82) is 0 Å². The van der Waals surface area contributed by atoms with Crippen molar-refractivity contribution in [1.82, 2.24) is 5.16 Å². The molecule has 1 unspecified atom stereocenters. The molecule has 0 saturated heterocycles. The smallest absolute Gasteiger partial charge is 0.238 e. The highest BCUT2D eigenvalue weighted by molar-refractivity contribution is 8.00. The lowest BCUT2D eigenvalue weighted by atomic mass is 10.2. The van der Waals surface area contributed by atoms with E-state index in [1.165, 1.54) is 11.1 Å². The summed E-state index contributed by atoms with van der Waals surface area (Å²) in [5.41, 5.74) is 2.41. The van der Waals surface area contributed by atoms with Crippen molar-refractivity contribution in [3.05, 3.63) is 41.2 Å². The summed E-state index contributed by atoms with van der Waals surface area (Å²) in [6, 6.07) is 7.93. The van der Waals surface area contributed by atoms with Crippen LogP contribution in [0, 0.1) is 20.8 Å². The highest BCUT2D eigenvalue weighted by atomic mass is 32.2. The molecule has 1 N–H and O–H groups in total. The molecule has 2 aromatic rings. The van der Waals surface area contributed by atoms with E-state index in [1.54, 1.807) is 24.8 Å². The normalized spacial score (nSPS) is 12.2. The molecule has 1 heterocycles. The molecule has 0 aliphatic heterocycles. The second-order valence-electron chi connectivity index (χ2n) is 4.84. The lowest BCUT2D eigenvalue weighted by molar-refractivity contribution is -0.115. The fraction of sp³-hybridized carbons (Fsp3) is 0.333. The van der Waals surface area contributed by atoms with Gasteiger partial charge in [-0.1, -0.05) is 22.9 Å². The number of amides is 1. The van der Waals surface area contributed by atoms with Crippen molar-refractivity contribution in [2.24, 2.45) is 0 Å². The monoisotopic (exact) mass is 290 g/mol. The molecule has 1 aromatic heterocycles. The zero-order chi connectivity index (χ0) is 14.7. The minimum Gasteiger partial charge on any atom is -0.360 e. The predicted molar refractivity (Wildman–Crippen MR) is 81.1 cm³/mol. The third kappa shape index (κ3) is 3.63. The highest BCUT2D eigenvalue weighted by Gasteiger charge is 2.16. The summed E-state index contributed by atoms with van der Waals surface area (Å²) >= 11 is 1.54. The molecule has 5 heteroatoms. The van der Waals surface area contributed by atoms with Crippen molar-refractivity contribution in [3.8, 4) is 0 Å². The first-order valence-corrected chi connectivity index (χ1v) is 7.32. The van der Waals surface area contributed by atoms with Crippen LogP contribution in [-0.2, 0) is 4.79 Å². The Labute approximate surface area is 122 Å². The SMILES string of the molecule is Cc1ccc(SC(C)C(=O)Nc2cc(C)on2)c(C)c1. The first kappa shape index (κ1) is 14.7. The van der Waals surface area contributed by atoms with E-state index >= 15 is 0 Å². The van der Waals surface area contributed by atoms with Gasteiger partial charge in [0, 0.05) is 11.0 Å². The van der Waals surface area contributed by atoms with Gasteiger partial charge < -0.3 is 9.84 Å². The molecule has 0 saturated carbocycles. The summed E-state index contributed by atoms with van der Waals surface area (Å²) in [6.45, 7) is 7.79. The number of rotatable bonds is 4. The summed E-state index contributed by atoms with van der Waals surface area (Å²) in [4.78, 5) is 13.2. The number of nitrogens with one attached hydrogen (secondary N) is 1. The Balaban J connectivity index is 2.00. The molecule has 20 heavy (non-hydrogen) atoms. The van der Waals surface area contributed by atoms with Crippen molar-refractivity contribution >= 4 is 23.5 Å². The predicted octanol–water partition coefficient (Wildman–Crippen LogP) is 3.72. The van der Waals surface area contributed by atoms with Crippen LogP contribution in [0.4, 0.5) is 5.82 Å². The standard InChI is InChI=1S/C15H18N2O2S/c1-9-5-6-13(10(2)7-9)20-12(4)15(18)16-14-8-11(3)19-17-14/h5-8,12H,1-4H3,(H,16,17,18). The third-order valence-electron chi connectivity index (χ3n) is 2.88. The van der Waals surface area contributed by atoms with Gasteiger partial charge in [-0.15, -0.1) is 11.8 Å². The van der Waals surface area contributed by atoms with Gasteiger partial charge in [0.15, 0.2) is 5.82 Å². The summed E-state index contributed by atoms with van der Waals surface area (Å²) in [6.07, 6.45) is 0. The number of hydrogen-bond acceptors (Lipinski definition) is 4. The average Bonchev–Trinajstić information content (AvgIpc) is 2.78. The quantitative estimate of drug-likeness (QED) is 0.872. The molecule has 0 aliphatic carbocycles. The van der Waals surface area contributed by atoms with E-state index < -0.39 is 0 Å². The molecular weight excluding hydrogens is 272 g/mol. The maximum Gasteiger partial charge on any atom is 0.238 e. The summed E-state index contributed by atoms with van der Waals surface area (Å²) < 4.78 is 4.92. The van der Waals surface area contributed by atoms with E-state index in [9.17, 15) is 4.79 Å². The number of thioether (sulfide) groups is 1. The second-order valence-corrected chi connectivity index (χ2v) is 6.22. The van der Waals surface area contributed by atoms with Crippen molar-refractivity contribution in [2.75, 3.05) is 5.32 Å². The number of nitrogens with zero attached hydrogens (tertiary/aromatic N) is 1. The molecular formula is C15H18N2O2S. The third-order valence-corrected chi connectivity index (χ3v) is 4.16. The van der Waals surface area contributed by atoms with Crippen molar-refractivity contribution in [2.45, 2.75) is 37.8 Å². The van der Waals surface area contributed by atoms with Gasteiger partial charge in [0.25, 0.3) is 0 Å². The first-order valence-electron chi connectivity index (χ1n) is 6.44. The molecule has 0 fully saturated rings. The van der Waals surface area contributed by atoms with E-state index in [0.717, 1.165) is 4.90 Å². The molecule has 1 atom stereocenters. The van der Waals surface area contributed by atoms with Crippen LogP contribution >= 0.6 is 11.8 Å². The van der Waals surface area contributed by atoms with Gasteiger partial charge in [-0.25, -0.2) is 0 Å². The number of carbonyl (C=O) groups excluding carboxylic acids is 1. The Kier molecular flexibility index (Phi) is 4.49. The summed E-state index contributed by atoms with van der Waals surface area (Å²) in [5.74, 6) is 1.05. The van der Waals surface area contributed by atoms with Crippen molar-refractivity contribution in [3.63, 3.8) is 0 Å². The molecule has 4 nitrogen and oxygen atoms in total. The lowest BCUT2D eigenvalue weighted by Crippen LogP contribution is -2.22. The maximum atomic E-state index is 12.1. The molecule has 0 spiro atoms.